The summed E-state index contributed by atoms with van der Waals surface area (Å²) in [5.41, 5.74) is 0.0782. The first-order chi connectivity index (χ1) is 13.9. The van der Waals surface area contributed by atoms with Crippen LogP contribution in [0.3, 0.4) is 0 Å². The van der Waals surface area contributed by atoms with Crippen molar-refractivity contribution >= 4 is 33.2 Å². The number of esters is 1. The van der Waals surface area contributed by atoms with Crippen LogP contribution in [0, 0.1) is 0 Å². The molecular weight excluding hydrogens is 412 g/mol. The average Bonchev–Trinajstić information content (AvgIpc) is 3.25. The molecule has 1 heterocycles. The van der Waals surface area contributed by atoms with Crippen LogP contribution < -0.4 is 10.0 Å². The number of carbonyl (C=O) groups is 2. The van der Waals surface area contributed by atoms with E-state index in [0.29, 0.717) is 0 Å². The van der Waals surface area contributed by atoms with Gasteiger partial charge in [-0.2, -0.15) is 0 Å². The van der Waals surface area contributed by atoms with Crippen LogP contribution in [-0.2, 0) is 26.1 Å². The number of ether oxygens (including phenoxy) is 1. The van der Waals surface area contributed by atoms with Crippen LogP contribution >= 0.6 is 11.3 Å². The van der Waals surface area contributed by atoms with Gasteiger partial charge in [0.25, 0.3) is 5.91 Å². The molecule has 0 spiro atoms. The van der Waals surface area contributed by atoms with Gasteiger partial charge in [0.1, 0.15) is 0 Å². The Kier molecular flexibility index (Phi) is 7.40. The lowest BCUT2D eigenvalue weighted by Crippen LogP contribution is -2.38. The Labute approximate surface area is 174 Å². The standard InChI is InChI=1S/C20H24N2O5S2/c23-19(22-16-7-2-1-3-8-16)14-27-20(24)15-6-4-10-18(12-15)29(25,26)21-13-17-9-5-11-28-17/h4-6,9-12,16,21H,1-3,7-8,13-14H2,(H,22,23). The number of sulfonamides is 1. The summed E-state index contributed by atoms with van der Waals surface area (Å²) in [6.45, 7) is -0.209. The number of thiophene rings is 1. The van der Waals surface area contributed by atoms with Gasteiger partial charge < -0.3 is 10.1 Å². The van der Waals surface area contributed by atoms with Gasteiger partial charge in [0, 0.05) is 17.5 Å². The van der Waals surface area contributed by atoms with Gasteiger partial charge >= 0.3 is 5.97 Å². The minimum absolute atomic E-state index is 0.0323. The van der Waals surface area contributed by atoms with Crippen molar-refractivity contribution in [2.24, 2.45) is 0 Å². The molecule has 0 saturated heterocycles. The predicted octanol–water partition coefficient (Wildman–Crippen LogP) is 2.83. The third-order valence-electron chi connectivity index (χ3n) is 4.70. The molecule has 1 saturated carbocycles. The molecule has 1 fully saturated rings. The van der Waals surface area contributed by atoms with Crippen molar-refractivity contribution in [3.63, 3.8) is 0 Å². The van der Waals surface area contributed by atoms with E-state index >= 15 is 0 Å². The molecule has 0 aliphatic heterocycles. The fourth-order valence-corrected chi connectivity index (χ4v) is 4.97. The van der Waals surface area contributed by atoms with Gasteiger partial charge in [-0.3, -0.25) is 4.79 Å². The van der Waals surface area contributed by atoms with Gasteiger partial charge in [-0.25, -0.2) is 17.9 Å². The number of hydrogen-bond acceptors (Lipinski definition) is 6. The SMILES string of the molecule is O=C(COC(=O)c1cccc(S(=O)(=O)NCc2cccs2)c1)NC1CCCCC1. The van der Waals surface area contributed by atoms with Gasteiger partial charge in [-0.1, -0.05) is 31.4 Å². The molecule has 1 aromatic heterocycles. The van der Waals surface area contributed by atoms with Crippen molar-refractivity contribution in [1.82, 2.24) is 10.0 Å². The Morgan fingerprint density at radius 1 is 1.10 bits per heavy atom. The molecule has 0 bridgehead atoms. The topological polar surface area (TPSA) is 102 Å². The highest BCUT2D eigenvalue weighted by molar-refractivity contribution is 7.89. The second kappa shape index (κ2) is 10.00. The maximum absolute atomic E-state index is 12.5. The lowest BCUT2D eigenvalue weighted by atomic mass is 9.95. The molecule has 0 unspecified atom stereocenters. The summed E-state index contributed by atoms with van der Waals surface area (Å²) in [5, 5.41) is 4.74. The summed E-state index contributed by atoms with van der Waals surface area (Å²) < 4.78 is 32.5. The lowest BCUT2D eigenvalue weighted by Gasteiger charge is -2.22. The highest BCUT2D eigenvalue weighted by Gasteiger charge is 2.19. The molecule has 1 aliphatic rings. The van der Waals surface area contributed by atoms with Crippen molar-refractivity contribution in [3.8, 4) is 0 Å². The summed E-state index contributed by atoms with van der Waals surface area (Å²) in [6.07, 6.45) is 5.25. The molecule has 29 heavy (non-hydrogen) atoms. The molecule has 2 aromatic rings. The first-order valence-electron chi connectivity index (χ1n) is 9.52. The van der Waals surface area contributed by atoms with Crippen molar-refractivity contribution in [2.75, 3.05) is 6.61 Å². The van der Waals surface area contributed by atoms with Crippen LogP contribution in [-0.4, -0.2) is 32.9 Å². The average molecular weight is 437 g/mol. The van der Waals surface area contributed by atoms with Crippen molar-refractivity contribution in [1.29, 1.82) is 0 Å². The number of nitrogens with one attached hydrogen (secondary N) is 2. The molecule has 2 N–H and O–H groups in total. The predicted molar refractivity (Wildman–Crippen MR) is 110 cm³/mol. The number of rotatable bonds is 8. The van der Waals surface area contributed by atoms with Crippen LogP contribution in [0.4, 0.5) is 0 Å². The number of benzene rings is 1. The Bertz CT molecular complexity index is 936. The quantitative estimate of drug-likeness (QED) is 0.620. The summed E-state index contributed by atoms with van der Waals surface area (Å²) in [6, 6.07) is 9.40. The third-order valence-corrected chi connectivity index (χ3v) is 6.98. The van der Waals surface area contributed by atoms with Crippen LogP contribution in [0.2, 0.25) is 0 Å². The zero-order valence-electron chi connectivity index (χ0n) is 15.9. The Hall–Kier alpha value is -2.23. The molecular formula is C20H24N2O5S2. The Balaban J connectivity index is 1.55. The molecule has 0 atom stereocenters. The molecule has 1 aromatic carbocycles. The maximum atomic E-state index is 12.5. The Morgan fingerprint density at radius 3 is 2.62 bits per heavy atom. The van der Waals surface area contributed by atoms with E-state index in [1.165, 1.54) is 42.0 Å². The van der Waals surface area contributed by atoms with Crippen molar-refractivity contribution < 1.29 is 22.7 Å². The van der Waals surface area contributed by atoms with Crippen molar-refractivity contribution in [2.45, 2.75) is 49.6 Å². The van der Waals surface area contributed by atoms with E-state index in [4.69, 9.17) is 4.74 Å². The molecule has 3 rings (SSSR count). The van der Waals surface area contributed by atoms with Gasteiger partial charge in [-0.15, -0.1) is 11.3 Å². The lowest BCUT2D eigenvalue weighted by molar-refractivity contribution is -0.125. The van der Waals surface area contributed by atoms with E-state index in [1.807, 2.05) is 17.5 Å². The van der Waals surface area contributed by atoms with Gasteiger partial charge in [0.15, 0.2) is 6.61 Å². The summed E-state index contributed by atoms with van der Waals surface area (Å²) in [7, 11) is -3.77. The fraction of sp³-hybridized carbons (Fsp3) is 0.400. The second-order valence-corrected chi connectivity index (χ2v) is 9.71. The molecule has 1 aliphatic carbocycles. The van der Waals surface area contributed by atoms with E-state index in [1.54, 1.807) is 0 Å². The smallest absolute Gasteiger partial charge is 0.338 e. The monoisotopic (exact) mass is 436 g/mol. The molecule has 7 nitrogen and oxygen atoms in total. The molecule has 9 heteroatoms. The zero-order chi connectivity index (χ0) is 20.7. The molecule has 1 amide bonds. The third kappa shape index (κ3) is 6.38. The zero-order valence-corrected chi connectivity index (χ0v) is 17.6. The van der Waals surface area contributed by atoms with Crippen LogP contribution in [0.5, 0.6) is 0 Å². The van der Waals surface area contributed by atoms with E-state index < -0.39 is 16.0 Å². The minimum Gasteiger partial charge on any atom is -0.452 e. The maximum Gasteiger partial charge on any atom is 0.338 e. The summed E-state index contributed by atoms with van der Waals surface area (Å²) >= 11 is 1.45. The Morgan fingerprint density at radius 2 is 1.90 bits per heavy atom. The highest BCUT2D eigenvalue weighted by atomic mass is 32.2. The van der Waals surface area contributed by atoms with Gasteiger partial charge in [0.2, 0.25) is 10.0 Å². The highest BCUT2D eigenvalue weighted by Crippen LogP contribution is 2.17. The number of carbonyl (C=O) groups excluding carboxylic acids is 2. The van der Waals surface area contributed by atoms with E-state index in [-0.39, 0.29) is 35.6 Å². The molecule has 0 radical (unpaired) electrons. The van der Waals surface area contributed by atoms with Crippen LogP contribution in [0.1, 0.15) is 47.3 Å². The number of hydrogen-bond donors (Lipinski definition) is 2. The first kappa shape index (κ1) is 21.5. The summed E-state index contributed by atoms with van der Waals surface area (Å²) in [4.78, 5) is 25.1. The second-order valence-electron chi connectivity index (χ2n) is 6.91. The molecule has 156 valence electrons. The largest absolute Gasteiger partial charge is 0.452 e. The fourth-order valence-electron chi connectivity index (χ4n) is 3.18. The van der Waals surface area contributed by atoms with Gasteiger partial charge in [0.05, 0.1) is 10.5 Å². The first-order valence-corrected chi connectivity index (χ1v) is 11.9. The van der Waals surface area contributed by atoms with Crippen LogP contribution in [0.15, 0.2) is 46.7 Å². The summed E-state index contributed by atoms with van der Waals surface area (Å²) in [5.74, 6) is -1.08. The normalized spacial score (nSPS) is 15.0. The van der Waals surface area contributed by atoms with Gasteiger partial charge in [-0.05, 0) is 42.5 Å². The number of amides is 1. The van der Waals surface area contributed by atoms with Crippen LogP contribution in [0.25, 0.3) is 0 Å². The minimum atomic E-state index is -3.77. The van der Waals surface area contributed by atoms with E-state index in [2.05, 4.69) is 10.0 Å². The van der Waals surface area contributed by atoms with Crippen molar-refractivity contribution in [3.05, 3.63) is 52.2 Å². The van der Waals surface area contributed by atoms with E-state index in [0.717, 1.165) is 30.6 Å². The van der Waals surface area contributed by atoms with E-state index in [9.17, 15) is 18.0 Å².